The monoisotopic (exact) mass is 652 g/mol. The summed E-state index contributed by atoms with van der Waals surface area (Å²) in [6.45, 7) is 4.90. The van der Waals surface area contributed by atoms with E-state index < -0.39 is 0 Å². The molecule has 6 aromatic carbocycles. The van der Waals surface area contributed by atoms with E-state index in [1.165, 1.54) is 66.6 Å². The number of hydrogen-bond acceptors (Lipinski definition) is 2. The molecule has 2 atom stereocenters. The fourth-order valence-electron chi connectivity index (χ4n) is 9.37. The highest BCUT2D eigenvalue weighted by Gasteiger charge is 2.43. The van der Waals surface area contributed by atoms with Crippen LogP contribution in [0.3, 0.4) is 0 Å². The summed E-state index contributed by atoms with van der Waals surface area (Å²) in [5.74, 6) is 2.66. The average molecular weight is 653 g/mol. The molecule has 0 aromatic heterocycles. The predicted molar refractivity (Wildman–Crippen MR) is 212 cm³/mol. The lowest BCUT2D eigenvalue weighted by molar-refractivity contribution is 0.0788. The first-order valence-electron chi connectivity index (χ1n) is 18.6. The summed E-state index contributed by atoms with van der Waals surface area (Å²) in [6, 6.07) is 59.6. The van der Waals surface area contributed by atoms with Gasteiger partial charge in [0.2, 0.25) is 0 Å². The maximum Gasteiger partial charge on any atom is 0.0467 e. The molecule has 0 heterocycles. The van der Waals surface area contributed by atoms with Gasteiger partial charge in [0.1, 0.15) is 0 Å². The quantitative estimate of drug-likeness (QED) is 0.153. The van der Waals surface area contributed by atoms with Crippen molar-refractivity contribution in [3.8, 4) is 11.1 Å². The van der Waals surface area contributed by atoms with E-state index in [4.69, 9.17) is 0 Å². The number of para-hydroxylation sites is 3. The molecule has 0 N–H and O–H groups in total. The van der Waals surface area contributed by atoms with Crippen LogP contribution in [-0.4, -0.2) is 0 Å². The average Bonchev–Trinajstić information content (AvgIpc) is 3.16. The lowest BCUT2D eigenvalue weighted by Crippen LogP contribution is -2.40. The van der Waals surface area contributed by atoms with E-state index in [9.17, 15) is 0 Å². The van der Waals surface area contributed by atoms with Gasteiger partial charge in [0, 0.05) is 34.1 Å². The highest BCUT2D eigenvalue weighted by Crippen LogP contribution is 2.53. The molecule has 6 aromatic rings. The minimum Gasteiger partial charge on any atom is -0.311 e. The minimum absolute atomic E-state index is 0.312. The molecule has 0 radical (unpaired) electrons. The van der Waals surface area contributed by atoms with Gasteiger partial charge in [0.25, 0.3) is 0 Å². The lowest BCUT2D eigenvalue weighted by Gasteiger charge is -2.49. The van der Waals surface area contributed by atoms with Gasteiger partial charge in [0.15, 0.2) is 0 Å². The van der Waals surface area contributed by atoms with Crippen LogP contribution < -0.4 is 9.80 Å². The molecule has 0 aliphatic heterocycles. The molecule has 2 heteroatoms. The zero-order valence-corrected chi connectivity index (χ0v) is 29.5. The number of benzene rings is 6. The first-order valence-corrected chi connectivity index (χ1v) is 18.6. The molecule has 2 fully saturated rings. The minimum atomic E-state index is 0.312. The lowest BCUT2D eigenvalue weighted by atomic mass is 9.56. The van der Waals surface area contributed by atoms with E-state index in [-0.39, 0.29) is 0 Å². The summed E-state index contributed by atoms with van der Waals surface area (Å²) in [5, 5.41) is 0. The Bertz CT molecular complexity index is 1930. The highest BCUT2D eigenvalue weighted by atomic mass is 15.1. The van der Waals surface area contributed by atoms with Crippen molar-refractivity contribution < 1.29 is 0 Å². The molecule has 50 heavy (non-hydrogen) atoms. The second-order valence-corrected chi connectivity index (χ2v) is 14.9. The molecular formula is C48H48N2. The largest absolute Gasteiger partial charge is 0.311 e. The SMILES string of the molecule is CCC1(c2ccc(N(c3ccccc3)c3cccc(-c4ccc(N(c5ccccc5)c5ccccc5)cc4)c3)cc2)CC2CC(C)CC(C2)C1. The predicted octanol–water partition coefficient (Wildman–Crippen LogP) is 13.8. The van der Waals surface area contributed by atoms with Gasteiger partial charge in [-0.25, -0.2) is 0 Å². The molecule has 250 valence electrons. The van der Waals surface area contributed by atoms with Crippen molar-refractivity contribution in [2.45, 2.75) is 57.8 Å². The number of nitrogens with zero attached hydrogens (tertiary/aromatic N) is 2. The Balaban J connectivity index is 1.11. The summed E-state index contributed by atoms with van der Waals surface area (Å²) in [5.41, 5.74) is 11.2. The zero-order chi connectivity index (χ0) is 33.9. The van der Waals surface area contributed by atoms with E-state index in [0.29, 0.717) is 5.41 Å². The third-order valence-corrected chi connectivity index (χ3v) is 11.5. The number of fused-ring (bicyclic) bond motifs is 2. The summed E-state index contributed by atoms with van der Waals surface area (Å²) >= 11 is 0. The molecule has 2 unspecified atom stereocenters. The van der Waals surface area contributed by atoms with Crippen LogP contribution in [0, 0.1) is 17.8 Å². The van der Waals surface area contributed by atoms with Crippen molar-refractivity contribution in [1.29, 1.82) is 0 Å². The second kappa shape index (κ2) is 14.0. The Morgan fingerprint density at radius 3 is 1.40 bits per heavy atom. The maximum absolute atomic E-state index is 2.47. The van der Waals surface area contributed by atoms with Gasteiger partial charge in [-0.05, 0) is 151 Å². The van der Waals surface area contributed by atoms with Crippen LogP contribution >= 0.6 is 0 Å². The van der Waals surface area contributed by atoms with Gasteiger partial charge in [-0.2, -0.15) is 0 Å². The van der Waals surface area contributed by atoms with Gasteiger partial charge in [-0.3, -0.25) is 0 Å². The van der Waals surface area contributed by atoms with E-state index in [1.54, 1.807) is 0 Å². The van der Waals surface area contributed by atoms with Crippen LogP contribution in [-0.2, 0) is 5.41 Å². The number of anilines is 6. The fraction of sp³-hybridized carbons (Fsp3) is 0.250. The van der Waals surface area contributed by atoms with Crippen molar-refractivity contribution in [3.63, 3.8) is 0 Å². The van der Waals surface area contributed by atoms with E-state index in [2.05, 4.69) is 187 Å². The summed E-state index contributed by atoms with van der Waals surface area (Å²) in [7, 11) is 0. The van der Waals surface area contributed by atoms with E-state index in [0.717, 1.165) is 40.5 Å². The Hall–Kier alpha value is -5.08. The summed E-state index contributed by atoms with van der Waals surface area (Å²) in [6.07, 6.45) is 8.20. The topological polar surface area (TPSA) is 6.48 Å². The van der Waals surface area contributed by atoms with Crippen LogP contribution in [0.5, 0.6) is 0 Å². The van der Waals surface area contributed by atoms with Crippen molar-refractivity contribution in [2.75, 3.05) is 9.80 Å². The summed E-state index contributed by atoms with van der Waals surface area (Å²) in [4.78, 5) is 4.72. The molecule has 0 amide bonds. The summed E-state index contributed by atoms with van der Waals surface area (Å²) < 4.78 is 0. The molecule has 0 spiro atoms. The Labute approximate surface area is 299 Å². The maximum atomic E-state index is 2.47. The third-order valence-electron chi connectivity index (χ3n) is 11.5. The Morgan fingerprint density at radius 2 is 0.900 bits per heavy atom. The van der Waals surface area contributed by atoms with Crippen LogP contribution in [0.4, 0.5) is 34.1 Å². The van der Waals surface area contributed by atoms with Crippen LogP contribution in [0.1, 0.15) is 57.9 Å². The van der Waals surface area contributed by atoms with Gasteiger partial charge in [-0.1, -0.05) is 105 Å². The molecule has 2 saturated carbocycles. The molecule has 2 aliphatic carbocycles. The molecular weight excluding hydrogens is 605 g/mol. The standard InChI is InChI=1S/C48H48N2/c1-3-48(34-37-30-36(2)31-38(32-37)35-48)41-24-28-46(29-25-41)50(44-19-11-6-12-20-44)47-21-13-14-40(33-47)39-22-26-45(27-23-39)49(42-15-7-4-8-16-42)43-17-9-5-10-18-43/h4-29,33,36-38H,3,30-32,34-35H2,1-2H3. The van der Waals surface area contributed by atoms with Crippen LogP contribution in [0.2, 0.25) is 0 Å². The molecule has 2 bridgehead atoms. The fourth-order valence-corrected chi connectivity index (χ4v) is 9.37. The van der Waals surface area contributed by atoms with Gasteiger partial charge >= 0.3 is 0 Å². The van der Waals surface area contributed by atoms with Crippen molar-refractivity contribution in [2.24, 2.45) is 17.8 Å². The Morgan fingerprint density at radius 1 is 0.460 bits per heavy atom. The zero-order valence-electron chi connectivity index (χ0n) is 29.5. The highest BCUT2D eigenvalue weighted by molar-refractivity contribution is 5.82. The molecule has 2 aliphatic rings. The third kappa shape index (κ3) is 6.48. The second-order valence-electron chi connectivity index (χ2n) is 14.9. The van der Waals surface area contributed by atoms with Crippen LogP contribution in [0.25, 0.3) is 11.1 Å². The van der Waals surface area contributed by atoms with Crippen LogP contribution in [0.15, 0.2) is 164 Å². The van der Waals surface area contributed by atoms with E-state index in [1.807, 2.05) is 0 Å². The van der Waals surface area contributed by atoms with Crippen molar-refractivity contribution in [3.05, 3.63) is 169 Å². The first kappa shape index (κ1) is 32.1. The first-order chi connectivity index (χ1) is 24.6. The van der Waals surface area contributed by atoms with Gasteiger partial charge < -0.3 is 9.80 Å². The van der Waals surface area contributed by atoms with Gasteiger partial charge in [0.05, 0.1) is 0 Å². The number of hydrogen-bond donors (Lipinski definition) is 0. The van der Waals surface area contributed by atoms with Crippen molar-refractivity contribution >= 4 is 34.1 Å². The van der Waals surface area contributed by atoms with E-state index >= 15 is 0 Å². The molecule has 8 rings (SSSR count). The Kier molecular flexibility index (Phi) is 9.02. The van der Waals surface area contributed by atoms with Gasteiger partial charge in [-0.15, -0.1) is 0 Å². The van der Waals surface area contributed by atoms with Crippen molar-refractivity contribution in [1.82, 2.24) is 0 Å². The number of rotatable bonds is 9. The normalized spacial score (nSPS) is 21.4. The molecule has 0 saturated heterocycles. The smallest absolute Gasteiger partial charge is 0.0467 e. The molecule has 2 nitrogen and oxygen atoms in total.